The molecule has 7 nitrogen and oxygen atoms in total. The van der Waals surface area contributed by atoms with Crippen LogP contribution in [0.2, 0.25) is 0 Å². The summed E-state index contributed by atoms with van der Waals surface area (Å²) < 4.78 is 54.0. The van der Waals surface area contributed by atoms with Crippen LogP contribution in [-0.2, 0) is 32.6 Å². The molecule has 2 amide bonds. The van der Waals surface area contributed by atoms with Crippen molar-refractivity contribution in [2.75, 3.05) is 17.1 Å². The summed E-state index contributed by atoms with van der Waals surface area (Å²) in [6.45, 7) is 3.70. The molecular weight excluding hydrogens is 616 g/mol. The van der Waals surface area contributed by atoms with Crippen molar-refractivity contribution in [1.82, 2.24) is 10.2 Å². The Labute approximate surface area is 248 Å². The Morgan fingerprint density at radius 3 is 2.22 bits per heavy atom. The second kappa shape index (κ2) is 14.5. The maximum Gasteiger partial charge on any atom is 0.243 e. The van der Waals surface area contributed by atoms with E-state index in [1.165, 1.54) is 11.0 Å². The molecule has 0 spiro atoms. The monoisotopic (exact) mass is 649 g/mol. The zero-order valence-electron chi connectivity index (χ0n) is 23.2. The minimum atomic E-state index is -3.85. The normalized spacial score (nSPS) is 12.2. The van der Waals surface area contributed by atoms with Crippen molar-refractivity contribution in [3.63, 3.8) is 0 Å². The van der Waals surface area contributed by atoms with Crippen molar-refractivity contribution in [3.8, 4) is 0 Å². The van der Waals surface area contributed by atoms with Gasteiger partial charge in [0.15, 0.2) is 11.6 Å². The van der Waals surface area contributed by atoms with Crippen molar-refractivity contribution in [3.05, 3.63) is 100 Å². The summed E-state index contributed by atoms with van der Waals surface area (Å²) in [6, 6.07) is 18.7. The number of benzene rings is 3. The molecule has 0 saturated heterocycles. The van der Waals surface area contributed by atoms with Gasteiger partial charge in [-0.05, 0) is 55.7 Å². The number of amides is 2. The predicted molar refractivity (Wildman–Crippen MR) is 160 cm³/mol. The maximum atomic E-state index is 13.9. The molecule has 220 valence electrons. The Kier molecular flexibility index (Phi) is 11.4. The molecule has 0 fully saturated rings. The number of anilines is 1. The summed E-state index contributed by atoms with van der Waals surface area (Å²) in [5, 5.41) is 2.93. The molecule has 3 aromatic rings. The molecular formula is C30H34BrF2N3O4S. The number of carbonyl (C=O) groups excluding carboxylic acids is 2. The lowest BCUT2D eigenvalue weighted by Crippen LogP contribution is -2.51. The molecule has 0 bridgehead atoms. The second-order valence-corrected chi connectivity index (χ2v) is 12.9. The standard InChI is InChI=1S/C30H34BrF2N3O4S/c1-21(2)34-30(38)28(18-22-9-5-4-6-10-22)35(20-23-11-7-12-24(31)17-23)29(37)13-8-16-36(41(3,39)40)25-14-15-26(32)27(33)19-25/h4-7,9-12,14-15,17,19,21,28H,8,13,16,18,20H2,1-3H3,(H,34,38)/t28-/m0/s1. The minimum Gasteiger partial charge on any atom is -0.352 e. The number of carbonyl (C=O) groups is 2. The number of halogens is 3. The van der Waals surface area contributed by atoms with Crippen LogP contribution in [0.3, 0.4) is 0 Å². The molecule has 0 radical (unpaired) electrons. The van der Waals surface area contributed by atoms with Crippen LogP contribution in [0.1, 0.15) is 37.8 Å². The van der Waals surface area contributed by atoms with Gasteiger partial charge in [-0.2, -0.15) is 0 Å². The lowest BCUT2D eigenvalue weighted by atomic mass is 10.0. The van der Waals surface area contributed by atoms with E-state index in [-0.39, 0.29) is 55.9 Å². The van der Waals surface area contributed by atoms with E-state index in [2.05, 4.69) is 21.2 Å². The molecule has 3 rings (SSSR count). The van der Waals surface area contributed by atoms with Crippen LogP contribution >= 0.6 is 15.9 Å². The highest BCUT2D eigenvalue weighted by Crippen LogP contribution is 2.23. The van der Waals surface area contributed by atoms with Crippen LogP contribution in [0.5, 0.6) is 0 Å². The van der Waals surface area contributed by atoms with E-state index in [0.717, 1.165) is 38.3 Å². The third-order valence-electron chi connectivity index (χ3n) is 6.29. The summed E-state index contributed by atoms with van der Waals surface area (Å²) in [4.78, 5) is 28.8. The average Bonchev–Trinajstić information content (AvgIpc) is 2.89. The van der Waals surface area contributed by atoms with E-state index in [4.69, 9.17) is 0 Å². The van der Waals surface area contributed by atoms with Gasteiger partial charge in [0, 0.05) is 42.5 Å². The van der Waals surface area contributed by atoms with Gasteiger partial charge in [-0.25, -0.2) is 17.2 Å². The third kappa shape index (κ3) is 9.64. The van der Waals surface area contributed by atoms with Gasteiger partial charge in [-0.3, -0.25) is 13.9 Å². The molecule has 11 heteroatoms. The summed E-state index contributed by atoms with van der Waals surface area (Å²) >= 11 is 3.45. The first kappa shape index (κ1) is 32.2. The smallest absolute Gasteiger partial charge is 0.243 e. The van der Waals surface area contributed by atoms with Gasteiger partial charge in [0.2, 0.25) is 21.8 Å². The molecule has 1 N–H and O–H groups in total. The Morgan fingerprint density at radius 2 is 1.61 bits per heavy atom. The summed E-state index contributed by atoms with van der Waals surface area (Å²) in [5.74, 6) is -2.91. The molecule has 0 unspecified atom stereocenters. The van der Waals surface area contributed by atoms with E-state index >= 15 is 0 Å². The van der Waals surface area contributed by atoms with Crippen molar-refractivity contribution >= 4 is 43.5 Å². The highest BCUT2D eigenvalue weighted by Gasteiger charge is 2.31. The van der Waals surface area contributed by atoms with Crippen molar-refractivity contribution in [2.45, 2.75) is 51.7 Å². The van der Waals surface area contributed by atoms with Crippen molar-refractivity contribution in [1.29, 1.82) is 0 Å². The largest absolute Gasteiger partial charge is 0.352 e. The Bertz CT molecular complexity index is 1460. The average molecular weight is 651 g/mol. The lowest BCUT2D eigenvalue weighted by Gasteiger charge is -2.32. The Hall–Kier alpha value is -3.31. The number of hydrogen-bond acceptors (Lipinski definition) is 4. The van der Waals surface area contributed by atoms with E-state index in [1.54, 1.807) is 0 Å². The van der Waals surface area contributed by atoms with Gasteiger partial charge in [-0.15, -0.1) is 0 Å². The van der Waals surface area contributed by atoms with Crippen LogP contribution in [0, 0.1) is 11.6 Å². The molecule has 0 aliphatic carbocycles. The molecule has 41 heavy (non-hydrogen) atoms. The Morgan fingerprint density at radius 1 is 0.927 bits per heavy atom. The second-order valence-electron chi connectivity index (χ2n) is 10.1. The molecule has 0 aromatic heterocycles. The fraction of sp³-hybridized carbons (Fsp3) is 0.333. The zero-order chi connectivity index (χ0) is 30.2. The van der Waals surface area contributed by atoms with Gasteiger partial charge in [0.25, 0.3) is 0 Å². The van der Waals surface area contributed by atoms with Crippen LogP contribution in [0.25, 0.3) is 0 Å². The highest BCUT2D eigenvalue weighted by molar-refractivity contribution is 9.10. The Balaban J connectivity index is 1.89. The van der Waals surface area contributed by atoms with Gasteiger partial charge >= 0.3 is 0 Å². The number of sulfonamides is 1. The maximum absolute atomic E-state index is 13.9. The fourth-order valence-corrected chi connectivity index (χ4v) is 5.81. The van der Waals surface area contributed by atoms with E-state index in [0.29, 0.717) is 0 Å². The van der Waals surface area contributed by atoms with Gasteiger partial charge in [0.05, 0.1) is 11.9 Å². The quantitative estimate of drug-likeness (QED) is 0.267. The molecule has 0 heterocycles. The van der Waals surface area contributed by atoms with Gasteiger partial charge < -0.3 is 10.2 Å². The number of nitrogens with zero attached hydrogens (tertiary/aromatic N) is 2. The molecule has 0 aliphatic heterocycles. The van der Waals surface area contributed by atoms with E-state index in [9.17, 15) is 26.8 Å². The summed E-state index contributed by atoms with van der Waals surface area (Å²) in [6.07, 6.45) is 1.25. The van der Waals surface area contributed by atoms with Crippen LogP contribution in [0.15, 0.2) is 77.3 Å². The van der Waals surface area contributed by atoms with Crippen molar-refractivity contribution < 1.29 is 26.8 Å². The molecule has 0 aliphatic rings. The number of rotatable bonds is 13. The first-order valence-electron chi connectivity index (χ1n) is 13.2. The van der Waals surface area contributed by atoms with E-state index in [1.807, 2.05) is 68.4 Å². The lowest BCUT2D eigenvalue weighted by molar-refractivity contribution is -0.141. The summed E-state index contributed by atoms with van der Waals surface area (Å²) in [7, 11) is -3.85. The van der Waals surface area contributed by atoms with Crippen molar-refractivity contribution in [2.24, 2.45) is 0 Å². The third-order valence-corrected chi connectivity index (χ3v) is 7.97. The first-order chi connectivity index (χ1) is 19.3. The van der Waals surface area contributed by atoms with Gasteiger partial charge in [0.1, 0.15) is 6.04 Å². The van der Waals surface area contributed by atoms with Gasteiger partial charge in [-0.1, -0.05) is 58.4 Å². The minimum absolute atomic E-state index is 0.0388. The van der Waals surface area contributed by atoms with Crippen LogP contribution in [0.4, 0.5) is 14.5 Å². The highest BCUT2D eigenvalue weighted by atomic mass is 79.9. The van der Waals surface area contributed by atoms with E-state index < -0.39 is 27.7 Å². The topological polar surface area (TPSA) is 86.8 Å². The number of hydrogen-bond donors (Lipinski definition) is 1. The summed E-state index contributed by atoms with van der Waals surface area (Å²) in [5.41, 5.74) is 1.65. The molecule has 0 saturated carbocycles. The zero-order valence-corrected chi connectivity index (χ0v) is 25.6. The fourth-order valence-electron chi connectivity index (χ4n) is 4.41. The molecule has 3 aromatic carbocycles. The first-order valence-corrected chi connectivity index (χ1v) is 15.8. The molecule has 1 atom stereocenters. The number of nitrogens with one attached hydrogen (secondary N) is 1. The van der Waals surface area contributed by atoms with Crippen LogP contribution < -0.4 is 9.62 Å². The SMILES string of the molecule is CC(C)NC(=O)[C@H](Cc1ccccc1)N(Cc1cccc(Br)c1)C(=O)CCCN(c1ccc(F)c(F)c1)S(C)(=O)=O. The van der Waals surface area contributed by atoms with Crippen LogP contribution in [-0.4, -0.2) is 50.0 Å². The predicted octanol–water partition coefficient (Wildman–Crippen LogP) is 5.44.